The average Bonchev–Trinajstić information content (AvgIpc) is 2.31. The number of hydrogen-bond donors (Lipinski definition) is 2. The van der Waals surface area contributed by atoms with Crippen molar-refractivity contribution >= 4 is 31.9 Å². The Balaban J connectivity index is 3.03. The van der Waals surface area contributed by atoms with Crippen LogP contribution in [0.2, 0.25) is 0 Å². The lowest BCUT2D eigenvalue weighted by atomic mass is 10.3. The van der Waals surface area contributed by atoms with Gasteiger partial charge in [-0.1, -0.05) is 0 Å². The molecule has 1 unspecified atom stereocenters. The monoisotopic (exact) mass is 355 g/mol. The van der Waals surface area contributed by atoms with E-state index in [1.165, 1.54) is 13.2 Å². The number of hydrogen-bond acceptors (Lipinski definition) is 4. The van der Waals surface area contributed by atoms with E-state index in [1.807, 2.05) is 4.72 Å². The summed E-state index contributed by atoms with van der Waals surface area (Å²) in [5.74, 6) is -2.15. The molecule has 0 radical (unpaired) electrons. The smallest absolute Gasteiger partial charge is 0.324 e. The second-order valence-electron chi connectivity index (χ2n) is 3.54. The van der Waals surface area contributed by atoms with E-state index >= 15 is 0 Å². The summed E-state index contributed by atoms with van der Waals surface area (Å²) in [4.78, 5) is 10.5. The molecule has 1 aromatic rings. The molecule has 0 saturated carbocycles. The largest absolute Gasteiger partial charge is 0.480 e. The third-order valence-corrected chi connectivity index (χ3v) is 4.24. The fourth-order valence-corrected chi connectivity index (χ4v) is 2.65. The molecular formula is C10H11BrFNO5S. The van der Waals surface area contributed by atoms with Gasteiger partial charge >= 0.3 is 5.97 Å². The minimum absolute atomic E-state index is 0.109. The van der Waals surface area contributed by atoms with Gasteiger partial charge in [0.25, 0.3) is 0 Å². The van der Waals surface area contributed by atoms with Crippen LogP contribution in [-0.2, 0) is 19.6 Å². The van der Waals surface area contributed by atoms with Crippen LogP contribution in [0.15, 0.2) is 27.6 Å². The summed E-state index contributed by atoms with van der Waals surface area (Å²) in [6.07, 6.45) is 0. The molecule has 0 amide bonds. The van der Waals surface area contributed by atoms with E-state index in [0.717, 1.165) is 12.1 Å². The minimum Gasteiger partial charge on any atom is -0.480 e. The van der Waals surface area contributed by atoms with E-state index in [-0.39, 0.29) is 16.0 Å². The SMILES string of the molecule is COCC(NS(=O)(=O)c1ccc(Br)c(F)c1)C(=O)O. The second kappa shape index (κ2) is 6.42. The Labute approximate surface area is 117 Å². The molecule has 19 heavy (non-hydrogen) atoms. The van der Waals surface area contributed by atoms with Gasteiger partial charge in [-0.05, 0) is 34.1 Å². The Hall–Kier alpha value is -1.03. The molecule has 0 aliphatic carbocycles. The lowest BCUT2D eigenvalue weighted by molar-refractivity contribution is -0.140. The van der Waals surface area contributed by atoms with Crippen LogP contribution in [0.1, 0.15) is 0 Å². The van der Waals surface area contributed by atoms with E-state index in [0.29, 0.717) is 0 Å². The first kappa shape index (κ1) is 16.0. The Morgan fingerprint density at radius 3 is 2.68 bits per heavy atom. The van der Waals surface area contributed by atoms with Gasteiger partial charge in [0.2, 0.25) is 10.0 Å². The van der Waals surface area contributed by atoms with E-state index in [1.54, 1.807) is 0 Å². The first-order chi connectivity index (χ1) is 8.77. The van der Waals surface area contributed by atoms with Crippen molar-refractivity contribution in [3.8, 4) is 0 Å². The molecule has 6 nitrogen and oxygen atoms in total. The molecule has 0 saturated heterocycles. The van der Waals surface area contributed by atoms with E-state index in [4.69, 9.17) is 5.11 Å². The minimum atomic E-state index is -4.14. The highest BCUT2D eigenvalue weighted by molar-refractivity contribution is 9.10. The lowest BCUT2D eigenvalue weighted by Gasteiger charge is -2.14. The average molecular weight is 356 g/mol. The van der Waals surface area contributed by atoms with Crippen molar-refractivity contribution in [2.24, 2.45) is 0 Å². The van der Waals surface area contributed by atoms with E-state index in [2.05, 4.69) is 20.7 Å². The third kappa shape index (κ3) is 4.23. The topological polar surface area (TPSA) is 92.7 Å². The first-order valence-corrected chi connectivity index (χ1v) is 7.24. The van der Waals surface area contributed by atoms with Gasteiger partial charge in [0.05, 0.1) is 16.0 Å². The maximum absolute atomic E-state index is 13.3. The standard InChI is InChI=1S/C10H11BrFNO5S/c1-18-5-9(10(14)15)13-19(16,17)6-2-3-7(11)8(12)4-6/h2-4,9,13H,5H2,1H3,(H,14,15). The molecule has 2 N–H and O–H groups in total. The number of carbonyl (C=O) groups is 1. The van der Waals surface area contributed by atoms with Crippen molar-refractivity contribution in [2.45, 2.75) is 10.9 Å². The molecule has 0 bridgehead atoms. The molecule has 1 atom stereocenters. The number of rotatable bonds is 6. The number of halogens is 2. The number of sulfonamides is 1. The molecule has 0 aliphatic heterocycles. The quantitative estimate of drug-likeness (QED) is 0.792. The molecule has 0 fully saturated rings. The fraction of sp³-hybridized carbons (Fsp3) is 0.300. The second-order valence-corrected chi connectivity index (χ2v) is 6.11. The number of carboxylic acids is 1. The van der Waals surface area contributed by atoms with Gasteiger partial charge in [-0.25, -0.2) is 12.8 Å². The van der Waals surface area contributed by atoms with Crippen LogP contribution < -0.4 is 4.72 Å². The highest BCUT2D eigenvalue weighted by Gasteiger charge is 2.25. The van der Waals surface area contributed by atoms with Crippen molar-refractivity contribution in [2.75, 3.05) is 13.7 Å². The van der Waals surface area contributed by atoms with Gasteiger partial charge in [-0.15, -0.1) is 0 Å². The molecule has 0 aliphatic rings. The number of ether oxygens (including phenoxy) is 1. The lowest BCUT2D eigenvalue weighted by Crippen LogP contribution is -2.43. The van der Waals surface area contributed by atoms with Crippen LogP contribution in [0.4, 0.5) is 4.39 Å². The highest BCUT2D eigenvalue weighted by Crippen LogP contribution is 2.19. The number of nitrogens with one attached hydrogen (secondary N) is 1. The molecule has 1 aromatic carbocycles. The summed E-state index contributed by atoms with van der Waals surface area (Å²) in [5, 5.41) is 8.82. The molecule has 0 aromatic heterocycles. The van der Waals surface area contributed by atoms with Crippen LogP contribution in [0, 0.1) is 5.82 Å². The molecule has 9 heteroatoms. The summed E-state index contributed by atoms with van der Waals surface area (Å²) < 4.78 is 43.7. The van der Waals surface area contributed by atoms with Gasteiger partial charge in [-0.2, -0.15) is 4.72 Å². The number of methoxy groups -OCH3 is 1. The Kier molecular flexibility index (Phi) is 5.41. The Morgan fingerprint density at radius 2 is 2.21 bits per heavy atom. The van der Waals surface area contributed by atoms with Crippen molar-refractivity contribution in [1.82, 2.24) is 4.72 Å². The Bertz CT molecular complexity index is 577. The maximum atomic E-state index is 13.3. The Morgan fingerprint density at radius 1 is 1.58 bits per heavy atom. The first-order valence-electron chi connectivity index (χ1n) is 4.97. The number of carboxylic acid groups (broad SMARTS) is 1. The summed E-state index contributed by atoms with van der Waals surface area (Å²) in [6.45, 7) is -0.340. The normalized spacial score (nSPS) is 13.2. The van der Waals surface area contributed by atoms with Crippen molar-refractivity contribution in [1.29, 1.82) is 0 Å². The third-order valence-electron chi connectivity index (χ3n) is 2.13. The highest BCUT2D eigenvalue weighted by atomic mass is 79.9. The number of benzene rings is 1. The zero-order chi connectivity index (χ0) is 14.6. The zero-order valence-corrected chi connectivity index (χ0v) is 12.2. The van der Waals surface area contributed by atoms with Crippen LogP contribution in [0.3, 0.4) is 0 Å². The summed E-state index contributed by atoms with van der Waals surface area (Å²) in [6, 6.07) is 1.72. The molecule has 0 heterocycles. The van der Waals surface area contributed by atoms with Crippen molar-refractivity contribution in [3.05, 3.63) is 28.5 Å². The fourth-order valence-electron chi connectivity index (χ4n) is 1.22. The predicted molar refractivity (Wildman–Crippen MR) is 67.7 cm³/mol. The van der Waals surface area contributed by atoms with Crippen LogP contribution in [0.25, 0.3) is 0 Å². The van der Waals surface area contributed by atoms with Gasteiger partial charge in [0.15, 0.2) is 0 Å². The van der Waals surface area contributed by atoms with Gasteiger partial charge < -0.3 is 9.84 Å². The van der Waals surface area contributed by atoms with Crippen LogP contribution in [0.5, 0.6) is 0 Å². The van der Waals surface area contributed by atoms with Crippen LogP contribution >= 0.6 is 15.9 Å². The summed E-state index contributed by atoms with van der Waals surface area (Å²) >= 11 is 2.89. The molecule has 106 valence electrons. The molecule has 0 spiro atoms. The van der Waals surface area contributed by atoms with Crippen molar-refractivity contribution < 1.29 is 27.4 Å². The maximum Gasteiger partial charge on any atom is 0.324 e. The molecular weight excluding hydrogens is 345 g/mol. The van der Waals surface area contributed by atoms with Crippen molar-refractivity contribution in [3.63, 3.8) is 0 Å². The number of aliphatic carboxylic acids is 1. The predicted octanol–water partition coefficient (Wildman–Crippen LogP) is 0.966. The summed E-state index contributed by atoms with van der Waals surface area (Å²) in [7, 11) is -2.90. The van der Waals surface area contributed by atoms with Gasteiger partial charge in [-0.3, -0.25) is 4.79 Å². The van der Waals surface area contributed by atoms with E-state index in [9.17, 15) is 17.6 Å². The van der Waals surface area contributed by atoms with Gasteiger partial charge in [0.1, 0.15) is 11.9 Å². The van der Waals surface area contributed by atoms with Gasteiger partial charge in [0, 0.05) is 7.11 Å². The zero-order valence-electron chi connectivity index (χ0n) is 9.76. The van der Waals surface area contributed by atoms with E-state index < -0.39 is 27.9 Å². The summed E-state index contributed by atoms with van der Waals surface area (Å²) in [5.41, 5.74) is 0. The molecule has 1 rings (SSSR count). The van der Waals surface area contributed by atoms with Crippen LogP contribution in [-0.4, -0.2) is 39.3 Å².